The van der Waals surface area contributed by atoms with E-state index in [4.69, 9.17) is 9.47 Å². The SMILES string of the molecule is CN=C(NCCc1cccc(C(=O)N(C)C)c1)NCC1(OC)CCOCC1.I. The molecule has 0 saturated carbocycles. The number of amides is 1. The maximum Gasteiger partial charge on any atom is 0.253 e. The second-order valence-electron chi connectivity index (χ2n) is 7.00. The zero-order valence-electron chi connectivity index (χ0n) is 17.3. The fraction of sp³-hybridized carbons (Fsp3) is 0.600. The van der Waals surface area contributed by atoms with Crippen LogP contribution in [0.15, 0.2) is 29.3 Å². The third-order valence-electron chi connectivity index (χ3n) is 4.92. The summed E-state index contributed by atoms with van der Waals surface area (Å²) in [5.74, 6) is 0.766. The van der Waals surface area contributed by atoms with Crippen LogP contribution >= 0.6 is 24.0 Å². The molecular weight excluding hydrogens is 471 g/mol. The van der Waals surface area contributed by atoms with E-state index in [1.165, 1.54) is 0 Å². The highest BCUT2D eigenvalue weighted by atomic mass is 127. The van der Waals surface area contributed by atoms with Crippen LogP contribution in [-0.4, -0.2) is 76.9 Å². The minimum absolute atomic E-state index is 0. The number of benzene rings is 1. The highest BCUT2D eigenvalue weighted by molar-refractivity contribution is 14.0. The first kappa shape index (κ1) is 24.6. The zero-order valence-corrected chi connectivity index (χ0v) is 19.6. The Labute approximate surface area is 185 Å². The van der Waals surface area contributed by atoms with E-state index in [0.717, 1.165) is 50.5 Å². The highest BCUT2D eigenvalue weighted by Crippen LogP contribution is 2.23. The lowest BCUT2D eigenvalue weighted by atomic mass is 9.94. The number of halogens is 1. The second-order valence-corrected chi connectivity index (χ2v) is 7.00. The molecular formula is C20H33IN4O3. The number of carbonyl (C=O) groups excluding carboxylic acids is 1. The van der Waals surface area contributed by atoms with E-state index in [9.17, 15) is 4.79 Å². The monoisotopic (exact) mass is 504 g/mol. The Kier molecular flexibility index (Phi) is 10.8. The summed E-state index contributed by atoms with van der Waals surface area (Å²) < 4.78 is 11.2. The van der Waals surface area contributed by atoms with Gasteiger partial charge in [0.15, 0.2) is 5.96 Å². The molecule has 1 saturated heterocycles. The van der Waals surface area contributed by atoms with Gasteiger partial charge in [0, 0.05) is 73.0 Å². The molecule has 0 radical (unpaired) electrons. The molecule has 2 N–H and O–H groups in total. The van der Waals surface area contributed by atoms with Gasteiger partial charge in [-0.3, -0.25) is 9.79 Å². The van der Waals surface area contributed by atoms with Gasteiger partial charge >= 0.3 is 0 Å². The molecule has 28 heavy (non-hydrogen) atoms. The standard InChI is InChI=1S/C20H32N4O3.HI/c1-21-19(23-15-20(26-4)9-12-27-13-10-20)22-11-8-16-6-5-7-17(14-16)18(25)24(2)3;/h5-7,14H,8-13,15H2,1-4H3,(H2,21,22,23);1H. The molecule has 1 heterocycles. The number of carbonyl (C=O) groups is 1. The summed E-state index contributed by atoms with van der Waals surface area (Å²) in [6.07, 6.45) is 2.55. The minimum Gasteiger partial charge on any atom is -0.381 e. The number of ether oxygens (including phenoxy) is 2. The highest BCUT2D eigenvalue weighted by Gasteiger charge is 2.32. The van der Waals surface area contributed by atoms with Gasteiger partial charge in [-0.15, -0.1) is 24.0 Å². The maximum atomic E-state index is 12.1. The Morgan fingerprint density at radius 2 is 2.00 bits per heavy atom. The number of hydrogen-bond donors (Lipinski definition) is 2. The van der Waals surface area contributed by atoms with Gasteiger partial charge in [0.25, 0.3) is 5.91 Å². The average Bonchev–Trinajstić information content (AvgIpc) is 2.70. The van der Waals surface area contributed by atoms with Gasteiger partial charge in [-0.1, -0.05) is 12.1 Å². The molecule has 0 aliphatic carbocycles. The van der Waals surface area contributed by atoms with Crippen molar-refractivity contribution in [2.45, 2.75) is 24.9 Å². The van der Waals surface area contributed by atoms with Crippen LogP contribution in [0, 0.1) is 0 Å². The molecule has 158 valence electrons. The Bertz CT molecular complexity index is 646. The molecule has 0 aromatic heterocycles. The van der Waals surface area contributed by atoms with Gasteiger partial charge in [-0.05, 0) is 24.1 Å². The number of nitrogens with zero attached hydrogens (tertiary/aromatic N) is 2. The summed E-state index contributed by atoms with van der Waals surface area (Å²) in [7, 11) is 7.04. The first-order valence-corrected chi connectivity index (χ1v) is 9.38. The Balaban J connectivity index is 0.00000392. The van der Waals surface area contributed by atoms with Crippen molar-refractivity contribution < 1.29 is 14.3 Å². The molecule has 0 unspecified atom stereocenters. The van der Waals surface area contributed by atoms with E-state index in [-0.39, 0.29) is 35.5 Å². The first-order valence-electron chi connectivity index (χ1n) is 9.38. The lowest BCUT2D eigenvalue weighted by Crippen LogP contribution is -2.51. The Morgan fingerprint density at radius 3 is 2.61 bits per heavy atom. The Morgan fingerprint density at radius 1 is 1.29 bits per heavy atom. The summed E-state index contributed by atoms with van der Waals surface area (Å²) in [5, 5.41) is 6.69. The maximum absolute atomic E-state index is 12.1. The van der Waals surface area contributed by atoms with E-state index in [2.05, 4.69) is 15.6 Å². The summed E-state index contributed by atoms with van der Waals surface area (Å²) in [5.41, 5.74) is 1.63. The van der Waals surface area contributed by atoms with Crippen molar-refractivity contribution in [1.29, 1.82) is 0 Å². The van der Waals surface area contributed by atoms with E-state index in [1.54, 1.807) is 33.2 Å². The van der Waals surface area contributed by atoms with Crippen molar-refractivity contribution in [3.05, 3.63) is 35.4 Å². The summed E-state index contributed by atoms with van der Waals surface area (Å²) in [6, 6.07) is 7.75. The van der Waals surface area contributed by atoms with E-state index < -0.39 is 0 Å². The van der Waals surface area contributed by atoms with E-state index >= 15 is 0 Å². The van der Waals surface area contributed by atoms with Crippen LogP contribution in [0.3, 0.4) is 0 Å². The molecule has 1 aromatic rings. The number of guanidine groups is 1. The van der Waals surface area contributed by atoms with Crippen LogP contribution in [-0.2, 0) is 15.9 Å². The summed E-state index contributed by atoms with van der Waals surface area (Å²) >= 11 is 0. The van der Waals surface area contributed by atoms with Crippen molar-refractivity contribution in [2.24, 2.45) is 4.99 Å². The number of hydrogen-bond acceptors (Lipinski definition) is 4. The molecule has 0 atom stereocenters. The molecule has 1 fully saturated rings. The van der Waals surface area contributed by atoms with Gasteiger partial charge in [-0.2, -0.15) is 0 Å². The van der Waals surface area contributed by atoms with Crippen LogP contribution in [0.5, 0.6) is 0 Å². The van der Waals surface area contributed by atoms with Crippen LogP contribution < -0.4 is 10.6 Å². The van der Waals surface area contributed by atoms with Crippen molar-refractivity contribution in [1.82, 2.24) is 15.5 Å². The largest absolute Gasteiger partial charge is 0.381 e. The molecule has 2 rings (SSSR count). The van der Waals surface area contributed by atoms with Crippen LogP contribution in [0.4, 0.5) is 0 Å². The quantitative estimate of drug-likeness (QED) is 0.337. The fourth-order valence-corrected chi connectivity index (χ4v) is 3.11. The predicted molar refractivity (Wildman–Crippen MR) is 123 cm³/mol. The van der Waals surface area contributed by atoms with Crippen LogP contribution in [0.1, 0.15) is 28.8 Å². The van der Waals surface area contributed by atoms with Gasteiger partial charge in [0.2, 0.25) is 0 Å². The smallest absolute Gasteiger partial charge is 0.253 e. The molecule has 0 bridgehead atoms. The normalized spacial score (nSPS) is 16.1. The van der Waals surface area contributed by atoms with Gasteiger partial charge < -0.3 is 25.0 Å². The number of nitrogens with one attached hydrogen (secondary N) is 2. The number of rotatable bonds is 7. The van der Waals surface area contributed by atoms with Gasteiger partial charge in [0.1, 0.15) is 0 Å². The van der Waals surface area contributed by atoms with Crippen molar-refractivity contribution in [3.63, 3.8) is 0 Å². The zero-order chi connectivity index (χ0) is 19.7. The first-order chi connectivity index (χ1) is 13.0. The number of aliphatic imine (C=N–C) groups is 1. The third kappa shape index (κ3) is 7.21. The number of methoxy groups -OCH3 is 1. The van der Waals surface area contributed by atoms with Gasteiger partial charge in [0.05, 0.1) is 5.60 Å². The van der Waals surface area contributed by atoms with E-state index in [1.807, 2.05) is 24.3 Å². The molecule has 0 spiro atoms. The topological polar surface area (TPSA) is 75.2 Å². The minimum atomic E-state index is -0.198. The van der Waals surface area contributed by atoms with Crippen LogP contribution in [0.25, 0.3) is 0 Å². The van der Waals surface area contributed by atoms with Crippen molar-refractivity contribution in [3.8, 4) is 0 Å². The van der Waals surface area contributed by atoms with E-state index in [0.29, 0.717) is 12.1 Å². The summed E-state index contributed by atoms with van der Waals surface area (Å²) in [4.78, 5) is 18.0. The molecule has 8 heteroatoms. The molecule has 7 nitrogen and oxygen atoms in total. The van der Waals surface area contributed by atoms with Gasteiger partial charge in [-0.25, -0.2) is 0 Å². The van der Waals surface area contributed by atoms with Crippen LogP contribution in [0.2, 0.25) is 0 Å². The predicted octanol–water partition coefficient (Wildman–Crippen LogP) is 1.91. The molecule has 1 aromatic carbocycles. The molecule has 1 aliphatic heterocycles. The lowest BCUT2D eigenvalue weighted by Gasteiger charge is -2.36. The Hall–Kier alpha value is -1.39. The molecule has 1 aliphatic rings. The second kappa shape index (κ2) is 12.2. The lowest BCUT2D eigenvalue weighted by molar-refractivity contribution is -0.0855. The summed E-state index contributed by atoms with van der Waals surface area (Å²) in [6.45, 7) is 2.87. The average molecular weight is 504 g/mol. The van der Waals surface area contributed by atoms with Crippen molar-refractivity contribution >= 4 is 35.8 Å². The third-order valence-corrected chi connectivity index (χ3v) is 4.92. The fourth-order valence-electron chi connectivity index (χ4n) is 3.11. The van der Waals surface area contributed by atoms with Crippen molar-refractivity contribution in [2.75, 3.05) is 54.6 Å². The molecule has 1 amide bonds.